The summed E-state index contributed by atoms with van der Waals surface area (Å²) in [6.45, 7) is 2.61. The first-order valence-electron chi connectivity index (χ1n) is 9.86. The van der Waals surface area contributed by atoms with Gasteiger partial charge in [-0.05, 0) is 48.4 Å². The van der Waals surface area contributed by atoms with Gasteiger partial charge in [-0.3, -0.25) is 4.79 Å². The van der Waals surface area contributed by atoms with E-state index in [2.05, 4.69) is 44.0 Å². The normalized spacial score (nSPS) is 11.3. The van der Waals surface area contributed by atoms with E-state index in [1.165, 1.54) is 0 Å². The lowest BCUT2D eigenvalue weighted by Gasteiger charge is -2.07. The van der Waals surface area contributed by atoms with Gasteiger partial charge >= 0.3 is 0 Å². The van der Waals surface area contributed by atoms with Gasteiger partial charge in [0.2, 0.25) is 0 Å². The van der Waals surface area contributed by atoms with Crippen molar-refractivity contribution in [2.75, 3.05) is 5.32 Å². The maximum absolute atomic E-state index is 12.8. The number of aromatic nitrogens is 1. The number of carbonyl (C=O) groups is 1. The van der Waals surface area contributed by atoms with Gasteiger partial charge in [0.15, 0.2) is 0 Å². The summed E-state index contributed by atoms with van der Waals surface area (Å²) in [7, 11) is 0. The molecule has 0 saturated heterocycles. The lowest BCUT2D eigenvalue weighted by atomic mass is 10.1. The third-order valence-corrected chi connectivity index (χ3v) is 5.67. The van der Waals surface area contributed by atoms with Crippen LogP contribution >= 0.6 is 15.9 Å². The zero-order valence-corrected chi connectivity index (χ0v) is 18.6. The number of anilines is 1. The summed E-state index contributed by atoms with van der Waals surface area (Å²) >= 11 is 3.47. The van der Waals surface area contributed by atoms with E-state index < -0.39 is 5.91 Å². The minimum Gasteiger partial charge on any atom is -0.342 e. The van der Waals surface area contributed by atoms with Crippen molar-refractivity contribution in [2.24, 2.45) is 0 Å². The molecule has 5 heteroatoms. The monoisotopic (exact) mass is 469 g/mol. The lowest BCUT2D eigenvalue weighted by molar-refractivity contribution is -0.112. The molecule has 0 aliphatic rings. The minimum absolute atomic E-state index is 0.0646. The van der Waals surface area contributed by atoms with E-state index in [1.54, 1.807) is 6.08 Å². The van der Waals surface area contributed by atoms with Gasteiger partial charge in [-0.1, -0.05) is 64.5 Å². The summed E-state index contributed by atoms with van der Waals surface area (Å²) in [5.41, 5.74) is 4.76. The predicted octanol–water partition coefficient (Wildman–Crippen LogP) is 6.31. The Morgan fingerprint density at radius 1 is 1.06 bits per heavy atom. The number of aryl methyl sites for hydroxylation is 1. The van der Waals surface area contributed by atoms with Crippen LogP contribution in [0.1, 0.15) is 16.7 Å². The number of nitrogens with one attached hydrogen (secondary N) is 1. The van der Waals surface area contributed by atoms with Crippen molar-refractivity contribution >= 4 is 44.5 Å². The topological polar surface area (TPSA) is 57.8 Å². The predicted molar refractivity (Wildman–Crippen MR) is 129 cm³/mol. The van der Waals surface area contributed by atoms with Crippen molar-refractivity contribution in [1.29, 1.82) is 5.26 Å². The Morgan fingerprint density at radius 2 is 1.77 bits per heavy atom. The first kappa shape index (κ1) is 20.6. The third-order valence-electron chi connectivity index (χ3n) is 5.14. The van der Waals surface area contributed by atoms with Crippen LogP contribution in [0.4, 0.5) is 5.69 Å². The van der Waals surface area contributed by atoms with Gasteiger partial charge in [0.1, 0.15) is 11.6 Å². The zero-order valence-electron chi connectivity index (χ0n) is 17.0. The Bertz CT molecular complexity index is 1330. The molecule has 0 saturated carbocycles. The number of halogens is 1. The summed E-state index contributed by atoms with van der Waals surface area (Å²) in [6.07, 6.45) is 3.65. The van der Waals surface area contributed by atoms with Crippen LogP contribution in [-0.4, -0.2) is 10.5 Å². The first-order valence-corrected chi connectivity index (χ1v) is 10.7. The molecule has 3 aromatic carbocycles. The number of amides is 1. The average Bonchev–Trinajstić information content (AvgIpc) is 3.12. The maximum Gasteiger partial charge on any atom is 0.266 e. The Balaban J connectivity index is 1.68. The van der Waals surface area contributed by atoms with E-state index in [-0.39, 0.29) is 5.57 Å². The van der Waals surface area contributed by atoms with Crippen molar-refractivity contribution in [3.05, 3.63) is 106 Å². The Labute approximate surface area is 189 Å². The smallest absolute Gasteiger partial charge is 0.266 e. The molecule has 4 rings (SSSR count). The van der Waals surface area contributed by atoms with Crippen molar-refractivity contribution in [3.8, 4) is 6.07 Å². The van der Waals surface area contributed by atoms with E-state index in [0.717, 1.165) is 32.1 Å². The van der Waals surface area contributed by atoms with Gasteiger partial charge < -0.3 is 9.88 Å². The van der Waals surface area contributed by atoms with Gasteiger partial charge in [0.05, 0.1) is 0 Å². The van der Waals surface area contributed by atoms with Gasteiger partial charge in [-0.15, -0.1) is 0 Å². The van der Waals surface area contributed by atoms with E-state index in [0.29, 0.717) is 12.2 Å². The minimum atomic E-state index is -0.415. The molecule has 0 aliphatic heterocycles. The van der Waals surface area contributed by atoms with E-state index in [9.17, 15) is 10.1 Å². The molecular weight excluding hydrogens is 450 g/mol. The largest absolute Gasteiger partial charge is 0.342 e. The van der Waals surface area contributed by atoms with Gasteiger partial charge in [0.25, 0.3) is 5.91 Å². The fourth-order valence-corrected chi connectivity index (χ4v) is 3.78. The summed E-state index contributed by atoms with van der Waals surface area (Å²) in [5.74, 6) is -0.415. The highest BCUT2D eigenvalue weighted by Gasteiger charge is 2.13. The Kier molecular flexibility index (Phi) is 6.01. The molecule has 1 aromatic heterocycles. The number of nitrogens with zero attached hydrogens (tertiary/aromatic N) is 2. The van der Waals surface area contributed by atoms with Gasteiger partial charge in [0, 0.05) is 39.4 Å². The average molecular weight is 470 g/mol. The number of fused-ring (bicyclic) bond motifs is 1. The molecular formula is C26H20BrN3O. The SMILES string of the molecule is Cc1ccccc1NC(=O)/C(C#N)=C/c1cn(Cc2ccc(Br)cc2)c2ccccc12. The summed E-state index contributed by atoms with van der Waals surface area (Å²) in [5, 5.41) is 13.5. The molecule has 0 unspecified atom stereocenters. The second kappa shape index (κ2) is 9.03. The molecule has 4 aromatic rings. The highest BCUT2D eigenvalue weighted by molar-refractivity contribution is 9.10. The highest BCUT2D eigenvalue weighted by atomic mass is 79.9. The quantitative estimate of drug-likeness (QED) is 0.275. The van der Waals surface area contributed by atoms with Crippen molar-refractivity contribution in [1.82, 2.24) is 4.57 Å². The van der Waals surface area contributed by atoms with E-state index in [4.69, 9.17) is 0 Å². The lowest BCUT2D eigenvalue weighted by Crippen LogP contribution is -2.14. The number of benzene rings is 3. The second-order valence-electron chi connectivity index (χ2n) is 7.29. The molecule has 0 bridgehead atoms. The molecule has 31 heavy (non-hydrogen) atoms. The fraction of sp³-hybridized carbons (Fsp3) is 0.0769. The van der Waals surface area contributed by atoms with Crippen LogP contribution in [-0.2, 0) is 11.3 Å². The number of hydrogen-bond donors (Lipinski definition) is 1. The van der Waals surface area contributed by atoms with Crippen molar-refractivity contribution in [3.63, 3.8) is 0 Å². The van der Waals surface area contributed by atoms with E-state index >= 15 is 0 Å². The molecule has 4 nitrogen and oxygen atoms in total. The van der Waals surface area contributed by atoms with Crippen LogP contribution in [0.5, 0.6) is 0 Å². The van der Waals surface area contributed by atoms with Crippen LogP contribution < -0.4 is 5.32 Å². The molecule has 0 spiro atoms. The van der Waals surface area contributed by atoms with Crippen LogP contribution in [0.3, 0.4) is 0 Å². The van der Waals surface area contributed by atoms with Gasteiger partial charge in [-0.2, -0.15) is 5.26 Å². The van der Waals surface area contributed by atoms with E-state index in [1.807, 2.05) is 73.8 Å². The first-order chi connectivity index (χ1) is 15.0. The molecule has 0 fully saturated rings. The van der Waals surface area contributed by atoms with Crippen molar-refractivity contribution in [2.45, 2.75) is 13.5 Å². The molecule has 1 N–H and O–H groups in total. The standard InChI is InChI=1S/C26H20BrN3O/c1-18-6-2-4-8-24(18)29-26(31)20(15-28)14-21-17-30(25-9-5-3-7-23(21)25)16-19-10-12-22(27)13-11-19/h2-14,17H,16H2,1H3,(H,29,31)/b20-14+. The molecule has 152 valence electrons. The highest BCUT2D eigenvalue weighted by Crippen LogP contribution is 2.25. The summed E-state index contributed by atoms with van der Waals surface area (Å²) in [4.78, 5) is 12.8. The number of nitriles is 1. The molecule has 0 aliphatic carbocycles. The molecule has 1 amide bonds. The van der Waals surface area contributed by atoms with Crippen LogP contribution in [0, 0.1) is 18.3 Å². The Morgan fingerprint density at radius 3 is 2.52 bits per heavy atom. The number of hydrogen-bond acceptors (Lipinski definition) is 2. The summed E-state index contributed by atoms with van der Waals surface area (Å²) < 4.78 is 3.18. The number of carbonyl (C=O) groups excluding carboxylic acids is 1. The second-order valence-corrected chi connectivity index (χ2v) is 8.21. The molecule has 0 atom stereocenters. The fourth-order valence-electron chi connectivity index (χ4n) is 3.51. The maximum atomic E-state index is 12.8. The number of para-hydroxylation sites is 2. The van der Waals surface area contributed by atoms with Crippen LogP contribution in [0.25, 0.3) is 17.0 Å². The molecule has 0 radical (unpaired) electrons. The van der Waals surface area contributed by atoms with Crippen LogP contribution in [0.2, 0.25) is 0 Å². The Hall–Kier alpha value is -3.62. The summed E-state index contributed by atoms with van der Waals surface area (Å²) in [6, 6.07) is 25.8. The van der Waals surface area contributed by atoms with Crippen LogP contribution in [0.15, 0.2) is 89.0 Å². The zero-order chi connectivity index (χ0) is 21.8. The third kappa shape index (κ3) is 4.60. The molecule has 1 heterocycles. The van der Waals surface area contributed by atoms with Crippen molar-refractivity contribution < 1.29 is 4.79 Å². The number of rotatable bonds is 5. The van der Waals surface area contributed by atoms with Gasteiger partial charge in [-0.25, -0.2) is 0 Å².